The van der Waals surface area contributed by atoms with Crippen molar-refractivity contribution in [2.24, 2.45) is 0 Å². The lowest BCUT2D eigenvalue weighted by Crippen LogP contribution is -2.30. The van der Waals surface area contributed by atoms with Crippen LogP contribution in [0.15, 0.2) is 36.4 Å². The first-order valence-electron chi connectivity index (χ1n) is 7.95. The van der Waals surface area contributed by atoms with E-state index in [-0.39, 0.29) is 11.7 Å². The van der Waals surface area contributed by atoms with E-state index in [9.17, 15) is 9.59 Å². The third kappa shape index (κ3) is 3.61. The van der Waals surface area contributed by atoms with Gasteiger partial charge in [-0.15, -0.1) is 0 Å². The summed E-state index contributed by atoms with van der Waals surface area (Å²) < 4.78 is 10.9. The molecule has 0 fully saturated rings. The van der Waals surface area contributed by atoms with Crippen LogP contribution in [0.1, 0.15) is 29.3 Å². The summed E-state index contributed by atoms with van der Waals surface area (Å²) in [5, 5.41) is 3.17. The summed E-state index contributed by atoms with van der Waals surface area (Å²) in [6.07, 6.45) is 0.413. The number of hydrogen-bond acceptors (Lipinski definition) is 4. The Labute approximate surface area is 150 Å². The van der Waals surface area contributed by atoms with Crippen LogP contribution in [0.3, 0.4) is 0 Å². The molecule has 1 aliphatic rings. The van der Waals surface area contributed by atoms with Gasteiger partial charge in [0.25, 0.3) is 5.91 Å². The minimum absolute atomic E-state index is 0.116. The average molecular weight is 360 g/mol. The quantitative estimate of drug-likeness (QED) is 0.879. The number of nitrogens with one attached hydrogen (secondary N) is 1. The number of ether oxygens (including phenoxy) is 2. The van der Waals surface area contributed by atoms with E-state index in [1.54, 1.807) is 43.3 Å². The van der Waals surface area contributed by atoms with Crippen LogP contribution in [0.5, 0.6) is 11.5 Å². The number of fused-ring (bicyclic) bond motifs is 1. The highest BCUT2D eigenvalue weighted by Crippen LogP contribution is 2.31. The topological polar surface area (TPSA) is 64.6 Å². The Bertz CT molecular complexity index is 834. The lowest BCUT2D eigenvalue weighted by Gasteiger charge is -2.17. The number of Topliss-reactive ketones (excluding diaryl/α,β-unsaturated/α-hetero) is 1. The van der Waals surface area contributed by atoms with Gasteiger partial charge in [-0.1, -0.05) is 23.7 Å². The van der Waals surface area contributed by atoms with Crippen molar-refractivity contribution in [2.45, 2.75) is 25.9 Å². The molecule has 25 heavy (non-hydrogen) atoms. The maximum absolute atomic E-state index is 12.4. The van der Waals surface area contributed by atoms with Crippen molar-refractivity contribution in [1.82, 2.24) is 0 Å². The summed E-state index contributed by atoms with van der Waals surface area (Å²) in [5.41, 5.74) is 2.12. The van der Waals surface area contributed by atoms with E-state index < -0.39 is 6.10 Å². The molecule has 0 saturated heterocycles. The predicted molar refractivity (Wildman–Crippen MR) is 95.8 cm³/mol. The Hall–Kier alpha value is -2.53. The van der Waals surface area contributed by atoms with Crippen LogP contribution in [0.4, 0.5) is 5.69 Å². The SMILES string of the molecule is COc1ccc(NC(=O)[C@@H](C)Oc2cccc3c2CCC3=O)cc1Cl. The zero-order chi connectivity index (χ0) is 18.0. The van der Waals surface area contributed by atoms with Crippen LogP contribution >= 0.6 is 11.6 Å². The third-order valence-corrected chi connectivity index (χ3v) is 4.42. The van der Waals surface area contributed by atoms with Crippen molar-refractivity contribution in [3.05, 3.63) is 52.5 Å². The van der Waals surface area contributed by atoms with E-state index in [4.69, 9.17) is 21.1 Å². The smallest absolute Gasteiger partial charge is 0.265 e. The summed E-state index contributed by atoms with van der Waals surface area (Å²) in [6.45, 7) is 1.66. The van der Waals surface area contributed by atoms with Gasteiger partial charge in [-0.05, 0) is 37.6 Å². The van der Waals surface area contributed by atoms with Crippen LogP contribution in [0.25, 0.3) is 0 Å². The molecule has 1 atom stereocenters. The number of carbonyl (C=O) groups excluding carboxylic acids is 2. The van der Waals surface area contributed by atoms with Crippen LogP contribution in [-0.4, -0.2) is 24.9 Å². The van der Waals surface area contributed by atoms with Gasteiger partial charge in [0.05, 0.1) is 12.1 Å². The van der Waals surface area contributed by atoms with Gasteiger partial charge in [-0.25, -0.2) is 0 Å². The fourth-order valence-electron chi connectivity index (χ4n) is 2.80. The highest BCUT2D eigenvalue weighted by molar-refractivity contribution is 6.32. The molecule has 5 nitrogen and oxygen atoms in total. The standard InChI is InChI=1S/C19H18ClNO4/c1-11(19(23)21-12-6-9-18(24-2)15(20)10-12)25-17-5-3-4-13-14(17)7-8-16(13)22/h3-6,9-11H,7-8H2,1-2H3,(H,21,23)/t11-/m1/s1. The molecular formula is C19H18ClNO4. The first kappa shape index (κ1) is 17.3. The Morgan fingerprint density at radius 2 is 2.00 bits per heavy atom. The van der Waals surface area contributed by atoms with Crippen LogP contribution in [0, 0.1) is 0 Å². The maximum Gasteiger partial charge on any atom is 0.265 e. The molecular weight excluding hydrogens is 342 g/mol. The summed E-state index contributed by atoms with van der Waals surface area (Å²) >= 11 is 6.06. The highest BCUT2D eigenvalue weighted by Gasteiger charge is 2.24. The Balaban J connectivity index is 1.70. The highest BCUT2D eigenvalue weighted by atomic mass is 35.5. The summed E-state index contributed by atoms with van der Waals surface area (Å²) in [7, 11) is 1.53. The second-order valence-electron chi connectivity index (χ2n) is 5.80. The lowest BCUT2D eigenvalue weighted by molar-refractivity contribution is -0.122. The molecule has 0 radical (unpaired) electrons. The molecule has 0 heterocycles. The molecule has 3 rings (SSSR count). The Morgan fingerprint density at radius 3 is 2.72 bits per heavy atom. The molecule has 1 aliphatic carbocycles. The van der Waals surface area contributed by atoms with E-state index >= 15 is 0 Å². The molecule has 2 aromatic rings. The van der Waals surface area contributed by atoms with Gasteiger partial charge >= 0.3 is 0 Å². The molecule has 1 amide bonds. The number of hydrogen-bond donors (Lipinski definition) is 1. The Morgan fingerprint density at radius 1 is 1.20 bits per heavy atom. The molecule has 1 N–H and O–H groups in total. The van der Waals surface area contributed by atoms with Gasteiger partial charge in [0, 0.05) is 23.2 Å². The molecule has 2 aromatic carbocycles. The second kappa shape index (κ2) is 7.15. The number of carbonyl (C=O) groups is 2. The number of halogens is 1. The molecule has 0 aromatic heterocycles. The normalized spacial score (nSPS) is 14.0. The van der Waals surface area contributed by atoms with E-state index in [2.05, 4.69) is 5.32 Å². The minimum Gasteiger partial charge on any atom is -0.495 e. The largest absolute Gasteiger partial charge is 0.495 e. The number of methoxy groups -OCH3 is 1. The fourth-order valence-corrected chi connectivity index (χ4v) is 3.06. The average Bonchev–Trinajstić information content (AvgIpc) is 2.97. The molecule has 0 saturated carbocycles. The summed E-state index contributed by atoms with van der Waals surface area (Å²) in [5.74, 6) is 0.931. The molecule has 6 heteroatoms. The zero-order valence-corrected chi connectivity index (χ0v) is 14.7. The van der Waals surface area contributed by atoms with Gasteiger partial charge < -0.3 is 14.8 Å². The summed E-state index contributed by atoms with van der Waals surface area (Å²) in [4.78, 5) is 24.2. The Kier molecular flexibility index (Phi) is 4.95. The van der Waals surface area contributed by atoms with E-state index in [0.29, 0.717) is 40.6 Å². The number of amides is 1. The third-order valence-electron chi connectivity index (χ3n) is 4.13. The summed E-state index contributed by atoms with van der Waals surface area (Å²) in [6, 6.07) is 10.3. The number of rotatable bonds is 5. The number of benzene rings is 2. The predicted octanol–water partition coefficient (Wildman–Crippen LogP) is 3.88. The number of ketones is 1. The van der Waals surface area contributed by atoms with Crippen molar-refractivity contribution >= 4 is 29.0 Å². The monoisotopic (exact) mass is 359 g/mol. The fraction of sp³-hybridized carbons (Fsp3) is 0.263. The molecule has 130 valence electrons. The van der Waals surface area contributed by atoms with Gasteiger partial charge in [-0.2, -0.15) is 0 Å². The molecule has 0 bridgehead atoms. The van der Waals surface area contributed by atoms with E-state index in [1.807, 2.05) is 0 Å². The van der Waals surface area contributed by atoms with E-state index in [0.717, 1.165) is 5.56 Å². The second-order valence-corrected chi connectivity index (χ2v) is 6.21. The van der Waals surface area contributed by atoms with Crippen LogP contribution in [-0.2, 0) is 11.2 Å². The maximum atomic E-state index is 12.4. The lowest BCUT2D eigenvalue weighted by atomic mass is 10.1. The van der Waals surface area contributed by atoms with Crippen molar-refractivity contribution in [2.75, 3.05) is 12.4 Å². The first-order valence-corrected chi connectivity index (χ1v) is 8.33. The zero-order valence-electron chi connectivity index (χ0n) is 14.0. The van der Waals surface area contributed by atoms with Crippen LogP contribution in [0.2, 0.25) is 5.02 Å². The van der Waals surface area contributed by atoms with E-state index in [1.165, 1.54) is 7.11 Å². The van der Waals surface area contributed by atoms with Crippen molar-refractivity contribution < 1.29 is 19.1 Å². The van der Waals surface area contributed by atoms with Gasteiger partial charge in [0.1, 0.15) is 11.5 Å². The van der Waals surface area contributed by atoms with Crippen molar-refractivity contribution in [3.8, 4) is 11.5 Å². The first-order chi connectivity index (χ1) is 12.0. The van der Waals surface area contributed by atoms with Gasteiger partial charge in [0.15, 0.2) is 11.9 Å². The molecule has 0 aliphatic heterocycles. The number of anilines is 1. The minimum atomic E-state index is -0.719. The molecule has 0 spiro atoms. The van der Waals surface area contributed by atoms with Crippen molar-refractivity contribution in [3.63, 3.8) is 0 Å². The van der Waals surface area contributed by atoms with Gasteiger partial charge in [-0.3, -0.25) is 9.59 Å². The van der Waals surface area contributed by atoms with Crippen molar-refractivity contribution in [1.29, 1.82) is 0 Å². The van der Waals surface area contributed by atoms with Crippen LogP contribution < -0.4 is 14.8 Å². The van der Waals surface area contributed by atoms with Gasteiger partial charge in [0.2, 0.25) is 0 Å². The molecule has 0 unspecified atom stereocenters.